The lowest BCUT2D eigenvalue weighted by Crippen LogP contribution is -2.51. The number of carbonyl (C=O) groups excluding carboxylic acids is 3. The van der Waals surface area contributed by atoms with Gasteiger partial charge in [0.05, 0.1) is 0 Å². The highest BCUT2D eigenvalue weighted by molar-refractivity contribution is 6.31. The molecule has 0 saturated carbocycles. The second-order valence-corrected chi connectivity index (χ2v) is 10.0. The van der Waals surface area contributed by atoms with E-state index in [4.69, 9.17) is 11.6 Å². The molecule has 1 atom stereocenters. The third kappa shape index (κ3) is 5.90. The molecule has 2 aliphatic heterocycles. The number of likely N-dealkylation sites (tertiary alicyclic amines) is 2. The van der Waals surface area contributed by atoms with Crippen molar-refractivity contribution in [2.24, 2.45) is 0 Å². The monoisotopic (exact) mass is 496 g/mol. The van der Waals surface area contributed by atoms with E-state index in [0.717, 1.165) is 43.1 Å². The van der Waals surface area contributed by atoms with Crippen LogP contribution in [0.4, 0.5) is 5.82 Å². The van der Waals surface area contributed by atoms with Crippen LogP contribution in [0.15, 0.2) is 30.3 Å². The molecule has 2 aromatic rings. The first-order valence-corrected chi connectivity index (χ1v) is 12.7. The number of halogens is 1. The van der Waals surface area contributed by atoms with Crippen molar-refractivity contribution in [3.05, 3.63) is 57.7 Å². The molecule has 35 heavy (non-hydrogen) atoms. The van der Waals surface area contributed by atoms with Crippen LogP contribution in [-0.2, 0) is 16.1 Å². The van der Waals surface area contributed by atoms with Crippen LogP contribution in [0.25, 0.3) is 0 Å². The number of nitrogens with zero attached hydrogens (tertiary/aromatic N) is 3. The molecule has 0 spiro atoms. The van der Waals surface area contributed by atoms with E-state index >= 15 is 0 Å². The molecule has 0 bridgehead atoms. The number of hydrogen-bond acceptors (Lipinski definition) is 5. The van der Waals surface area contributed by atoms with E-state index in [2.05, 4.69) is 27.3 Å². The van der Waals surface area contributed by atoms with E-state index in [1.165, 1.54) is 5.56 Å². The van der Waals surface area contributed by atoms with Gasteiger partial charge in [-0.15, -0.1) is 0 Å². The van der Waals surface area contributed by atoms with Crippen molar-refractivity contribution in [2.75, 3.05) is 18.4 Å². The molecule has 2 fully saturated rings. The molecule has 186 valence electrons. The number of nitrogens with one attached hydrogen (secondary N) is 1. The lowest BCUT2D eigenvalue weighted by atomic mass is 10.0. The number of rotatable bonds is 7. The summed E-state index contributed by atoms with van der Waals surface area (Å²) in [6, 6.07) is 9.01. The van der Waals surface area contributed by atoms with Crippen LogP contribution in [0.1, 0.15) is 66.2 Å². The molecular formula is C27H33ClN4O3. The quantitative estimate of drug-likeness (QED) is 0.569. The van der Waals surface area contributed by atoms with Crippen molar-refractivity contribution in [1.29, 1.82) is 0 Å². The number of ketones is 1. The summed E-state index contributed by atoms with van der Waals surface area (Å²) < 4.78 is 0. The highest BCUT2D eigenvalue weighted by Crippen LogP contribution is 2.29. The lowest BCUT2D eigenvalue weighted by molar-refractivity contribution is -0.136. The molecule has 7 nitrogen and oxygen atoms in total. The van der Waals surface area contributed by atoms with Gasteiger partial charge in [0.15, 0.2) is 5.78 Å². The number of pyridine rings is 1. The fourth-order valence-corrected chi connectivity index (χ4v) is 5.26. The summed E-state index contributed by atoms with van der Waals surface area (Å²) in [5.41, 5.74) is 3.51. The maximum Gasteiger partial charge on any atom is 0.248 e. The Balaban J connectivity index is 1.39. The average Bonchev–Trinajstić information content (AvgIpc) is 3.22. The maximum absolute atomic E-state index is 13.2. The molecule has 2 aliphatic rings. The van der Waals surface area contributed by atoms with Gasteiger partial charge in [0.25, 0.3) is 0 Å². The molecular weight excluding hydrogens is 464 g/mol. The highest BCUT2D eigenvalue weighted by atomic mass is 35.5. The highest BCUT2D eigenvalue weighted by Gasteiger charge is 2.41. The van der Waals surface area contributed by atoms with Gasteiger partial charge in [-0.3, -0.25) is 19.3 Å². The number of carbonyl (C=O) groups is 3. The Morgan fingerprint density at radius 1 is 1.11 bits per heavy atom. The average molecular weight is 497 g/mol. The van der Waals surface area contributed by atoms with Crippen molar-refractivity contribution < 1.29 is 14.4 Å². The summed E-state index contributed by atoms with van der Waals surface area (Å²) in [6.07, 6.45) is 2.93. The molecule has 1 aromatic carbocycles. The number of amides is 2. The van der Waals surface area contributed by atoms with Crippen molar-refractivity contribution >= 4 is 35.0 Å². The first-order chi connectivity index (χ1) is 16.7. The second-order valence-electron chi connectivity index (χ2n) is 9.59. The zero-order chi connectivity index (χ0) is 25.1. The van der Waals surface area contributed by atoms with E-state index in [0.29, 0.717) is 36.3 Å². The van der Waals surface area contributed by atoms with Crippen LogP contribution >= 0.6 is 11.6 Å². The van der Waals surface area contributed by atoms with Crippen molar-refractivity contribution in [3.63, 3.8) is 0 Å². The van der Waals surface area contributed by atoms with E-state index in [1.54, 1.807) is 30.9 Å². The molecule has 8 heteroatoms. The first-order valence-electron chi connectivity index (χ1n) is 12.4. The van der Waals surface area contributed by atoms with Crippen LogP contribution in [0.2, 0.25) is 5.02 Å². The van der Waals surface area contributed by atoms with Crippen LogP contribution in [0.3, 0.4) is 0 Å². The normalized spacial score (nSPS) is 19.3. The molecule has 2 saturated heterocycles. The number of Topliss-reactive ketones (excluding diaryl/α,β-unsaturated/α-hetero) is 1. The Labute approximate surface area is 211 Å². The summed E-state index contributed by atoms with van der Waals surface area (Å²) in [5.74, 6) is 0.169. The van der Waals surface area contributed by atoms with Gasteiger partial charge in [-0.05, 0) is 62.4 Å². The molecule has 4 rings (SSSR count). The van der Waals surface area contributed by atoms with Gasteiger partial charge >= 0.3 is 0 Å². The van der Waals surface area contributed by atoms with E-state index in [9.17, 15) is 14.4 Å². The number of aryl methyl sites for hydroxylation is 2. The summed E-state index contributed by atoms with van der Waals surface area (Å²) in [6.45, 7) is 8.20. The minimum atomic E-state index is -0.509. The Morgan fingerprint density at radius 2 is 1.86 bits per heavy atom. The smallest absolute Gasteiger partial charge is 0.248 e. The molecule has 1 N–H and O–H groups in total. The Hall–Kier alpha value is -2.77. The Bertz CT molecular complexity index is 1130. The predicted molar refractivity (Wildman–Crippen MR) is 137 cm³/mol. The van der Waals surface area contributed by atoms with Gasteiger partial charge in [0.1, 0.15) is 11.9 Å². The maximum atomic E-state index is 13.2. The van der Waals surface area contributed by atoms with Crippen LogP contribution in [-0.4, -0.2) is 57.6 Å². The third-order valence-electron chi connectivity index (χ3n) is 6.98. The van der Waals surface area contributed by atoms with Crippen molar-refractivity contribution in [3.8, 4) is 0 Å². The summed E-state index contributed by atoms with van der Waals surface area (Å²) >= 11 is 6.15. The predicted octanol–water partition coefficient (Wildman–Crippen LogP) is 4.54. The minimum absolute atomic E-state index is 0.00388. The molecule has 0 unspecified atom stereocenters. The van der Waals surface area contributed by atoms with Gasteiger partial charge in [-0.25, -0.2) is 4.98 Å². The van der Waals surface area contributed by atoms with Gasteiger partial charge in [-0.1, -0.05) is 30.7 Å². The van der Waals surface area contributed by atoms with Crippen LogP contribution < -0.4 is 5.32 Å². The molecule has 1 aromatic heterocycles. The Morgan fingerprint density at radius 3 is 2.54 bits per heavy atom. The van der Waals surface area contributed by atoms with E-state index in [-0.39, 0.29) is 23.6 Å². The third-order valence-corrected chi connectivity index (χ3v) is 7.41. The van der Waals surface area contributed by atoms with E-state index < -0.39 is 6.04 Å². The standard InChI is InChI=1S/C27H33ClN4O3/c1-4-24(33)20-14-18(3)29-25(15-20)30-27(35)23-7-8-26(34)32(23)21-9-11-31(12-10-21)16-19-5-6-22(28)17(2)13-19/h5-6,13-15,21,23H,4,7-12,16H2,1-3H3,(H,29,30,35)/t23-/m1/s1. The zero-order valence-electron chi connectivity index (χ0n) is 20.6. The van der Waals surface area contributed by atoms with Gasteiger partial charge in [0, 0.05) is 54.8 Å². The molecule has 0 aliphatic carbocycles. The van der Waals surface area contributed by atoms with Gasteiger partial charge in [0.2, 0.25) is 11.8 Å². The second kappa shape index (κ2) is 10.9. The lowest BCUT2D eigenvalue weighted by Gasteiger charge is -2.39. The molecule has 2 amide bonds. The van der Waals surface area contributed by atoms with Crippen molar-refractivity contribution in [1.82, 2.24) is 14.8 Å². The Kier molecular flexibility index (Phi) is 7.87. The number of anilines is 1. The topological polar surface area (TPSA) is 82.6 Å². The van der Waals surface area contributed by atoms with Gasteiger partial charge < -0.3 is 10.2 Å². The number of hydrogen-bond donors (Lipinski definition) is 1. The largest absolute Gasteiger partial charge is 0.328 e. The summed E-state index contributed by atoms with van der Waals surface area (Å²) in [5, 5.41) is 3.64. The summed E-state index contributed by atoms with van der Waals surface area (Å²) in [7, 11) is 0. The van der Waals surface area contributed by atoms with Crippen LogP contribution in [0.5, 0.6) is 0 Å². The van der Waals surface area contributed by atoms with Crippen LogP contribution in [0, 0.1) is 13.8 Å². The zero-order valence-corrected chi connectivity index (χ0v) is 21.4. The van der Waals surface area contributed by atoms with Gasteiger partial charge in [-0.2, -0.15) is 0 Å². The number of piperidine rings is 1. The molecule has 0 radical (unpaired) electrons. The fraction of sp³-hybridized carbons (Fsp3) is 0.481. The fourth-order valence-electron chi connectivity index (χ4n) is 5.14. The molecule has 3 heterocycles. The minimum Gasteiger partial charge on any atom is -0.328 e. The van der Waals surface area contributed by atoms with Crippen molar-refractivity contribution in [2.45, 2.75) is 71.5 Å². The van der Waals surface area contributed by atoms with E-state index in [1.807, 2.05) is 13.0 Å². The summed E-state index contributed by atoms with van der Waals surface area (Å²) in [4.78, 5) is 46.7. The SMILES string of the molecule is CCC(=O)c1cc(C)nc(NC(=O)[C@H]2CCC(=O)N2C2CCN(Cc3ccc(Cl)c(C)c3)CC2)c1. The first kappa shape index (κ1) is 25.3. The number of aromatic nitrogens is 1. The number of benzene rings is 1.